The lowest BCUT2D eigenvalue weighted by Gasteiger charge is -2.18. The van der Waals surface area contributed by atoms with Gasteiger partial charge in [0.05, 0.1) is 6.61 Å². The Hall–Kier alpha value is -1.62. The molecule has 5 heteroatoms. The summed E-state index contributed by atoms with van der Waals surface area (Å²) in [6.07, 6.45) is 45.1. The molecule has 51 heavy (non-hydrogen) atoms. The summed E-state index contributed by atoms with van der Waals surface area (Å²) in [4.78, 5) is 27.1. The molecule has 1 atom stereocenters. The van der Waals surface area contributed by atoms with Gasteiger partial charge in [0.2, 0.25) is 0 Å². The van der Waals surface area contributed by atoms with Crippen LogP contribution >= 0.6 is 0 Å². The summed E-state index contributed by atoms with van der Waals surface area (Å²) in [7, 11) is 4.05. The van der Waals surface area contributed by atoms with Crippen molar-refractivity contribution in [3.05, 3.63) is 24.3 Å². The van der Waals surface area contributed by atoms with Crippen molar-refractivity contribution in [2.45, 2.75) is 226 Å². The third kappa shape index (κ3) is 37.9. The number of esters is 2. The van der Waals surface area contributed by atoms with E-state index in [1.54, 1.807) is 0 Å². The highest BCUT2D eigenvalue weighted by Gasteiger charge is 2.16. The Morgan fingerprint density at radius 3 is 1.57 bits per heavy atom. The fraction of sp³-hybridized carbons (Fsp3) is 0.870. The van der Waals surface area contributed by atoms with E-state index in [1.807, 2.05) is 14.1 Å². The number of allylic oxidation sites excluding steroid dienone is 4. The van der Waals surface area contributed by atoms with E-state index >= 15 is 0 Å². The number of unbranched alkanes of at least 4 members (excludes halogenated alkanes) is 17. The van der Waals surface area contributed by atoms with Gasteiger partial charge in [-0.15, -0.1) is 0 Å². The molecule has 0 saturated carbocycles. The molecule has 0 radical (unpaired) electrons. The van der Waals surface area contributed by atoms with E-state index in [4.69, 9.17) is 9.47 Å². The van der Waals surface area contributed by atoms with Crippen molar-refractivity contribution in [1.29, 1.82) is 0 Å². The zero-order chi connectivity index (χ0) is 37.5. The lowest BCUT2D eigenvalue weighted by molar-refractivity contribution is -0.152. The maximum Gasteiger partial charge on any atom is 0.306 e. The first-order valence-electron chi connectivity index (χ1n) is 22.2. The van der Waals surface area contributed by atoms with E-state index in [0.717, 1.165) is 57.4 Å². The maximum absolute atomic E-state index is 12.6. The number of nitrogens with zero attached hydrogens (tertiary/aromatic N) is 1. The van der Waals surface area contributed by atoms with Crippen LogP contribution in [0.1, 0.15) is 220 Å². The Morgan fingerprint density at radius 2 is 0.980 bits per heavy atom. The highest BCUT2D eigenvalue weighted by Crippen LogP contribution is 2.24. The molecule has 0 aromatic carbocycles. The molecule has 0 aromatic heterocycles. The van der Waals surface area contributed by atoms with Gasteiger partial charge in [0, 0.05) is 19.3 Å². The number of hydrogen-bond acceptors (Lipinski definition) is 5. The van der Waals surface area contributed by atoms with Crippen LogP contribution in [0.2, 0.25) is 0 Å². The first kappa shape index (κ1) is 49.4. The van der Waals surface area contributed by atoms with E-state index in [-0.39, 0.29) is 18.0 Å². The van der Waals surface area contributed by atoms with E-state index in [9.17, 15) is 9.59 Å². The summed E-state index contributed by atoms with van der Waals surface area (Å²) in [5, 5.41) is 0. The van der Waals surface area contributed by atoms with Gasteiger partial charge in [-0.05, 0) is 84.3 Å². The molecular weight excluding hydrogens is 631 g/mol. The van der Waals surface area contributed by atoms with Gasteiger partial charge in [-0.25, -0.2) is 0 Å². The van der Waals surface area contributed by atoms with Crippen molar-refractivity contribution >= 4 is 11.9 Å². The van der Waals surface area contributed by atoms with E-state index < -0.39 is 0 Å². The summed E-state index contributed by atoms with van der Waals surface area (Å²) in [5.74, 6) is 0.688. The fourth-order valence-electron chi connectivity index (χ4n) is 6.81. The predicted molar refractivity (Wildman–Crippen MR) is 221 cm³/mol. The normalized spacial score (nSPS) is 12.5. The molecule has 300 valence electrons. The van der Waals surface area contributed by atoms with Crippen LogP contribution in [0.25, 0.3) is 0 Å². The van der Waals surface area contributed by atoms with Gasteiger partial charge in [-0.2, -0.15) is 0 Å². The van der Waals surface area contributed by atoms with Crippen molar-refractivity contribution in [3.8, 4) is 0 Å². The topological polar surface area (TPSA) is 55.8 Å². The first-order chi connectivity index (χ1) is 24.9. The fourth-order valence-corrected chi connectivity index (χ4v) is 6.81. The van der Waals surface area contributed by atoms with Gasteiger partial charge in [-0.1, -0.05) is 167 Å². The van der Waals surface area contributed by atoms with E-state index in [2.05, 4.69) is 50.0 Å². The molecule has 5 nitrogen and oxygen atoms in total. The lowest BCUT2D eigenvalue weighted by Crippen LogP contribution is -2.22. The monoisotopic (exact) mass is 718 g/mol. The van der Waals surface area contributed by atoms with Gasteiger partial charge in [0.15, 0.2) is 0 Å². The van der Waals surface area contributed by atoms with Gasteiger partial charge >= 0.3 is 11.9 Å². The van der Waals surface area contributed by atoms with Crippen LogP contribution < -0.4 is 0 Å². The molecule has 0 aromatic rings. The Morgan fingerprint density at radius 1 is 0.510 bits per heavy atom. The Bertz CT molecular complexity index is 797. The molecule has 0 aliphatic rings. The number of carbonyl (C=O) groups excluding carboxylic acids is 2. The Balaban J connectivity index is 4.22. The molecule has 0 aliphatic heterocycles. The molecule has 0 saturated heterocycles. The van der Waals surface area contributed by atoms with Gasteiger partial charge in [0.25, 0.3) is 0 Å². The highest BCUT2D eigenvalue weighted by molar-refractivity contribution is 5.70. The minimum Gasteiger partial charge on any atom is -0.466 e. The van der Waals surface area contributed by atoms with Gasteiger partial charge in [0.1, 0.15) is 6.10 Å². The molecule has 1 unspecified atom stereocenters. The molecule has 0 heterocycles. The van der Waals surface area contributed by atoms with Gasteiger partial charge < -0.3 is 14.4 Å². The molecule has 0 aliphatic carbocycles. The molecule has 0 bridgehead atoms. The molecule has 0 fully saturated rings. The van der Waals surface area contributed by atoms with E-state index in [0.29, 0.717) is 25.9 Å². The zero-order valence-corrected chi connectivity index (χ0v) is 34.9. The van der Waals surface area contributed by atoms with E-state index in [1.165, 1.54) is 135 Å². The van der Waals surface area contributed by atoms with Crippen LogP contribution in [0.4, 0.5) is 0 Å². The largest absolute Gasteiger partial charge is 0.466 e. The van der Waals surface area contributed by atoms with Crippen LogP contribution in [-0.4, -0.2) is 50.2 Å². The SMILES string of the molecule is CCCCCC=CCC=CCCCCCCCCC(CCOC(=O)CCCCCCCC(CCCCC)CCCCC)OC(=O)CCCN(C)C. The lowest BCUT2D eigenvalue weighted by atomic mass is 9.90. The molecule has 0 rings (SSSR count). The molecular formula is C46H87NO4. The predicted octanol–water partition coefficient (Wildman–Crippen LogP) is 13.9. The van der Waals surface area contributed by atoms with Crippen molar-refractivity contribution in [1.82, 2.24) is 4.90 Å². The third-order valence-corrected chi connectivity index (χ3v) is 10.1. The van der Waals surface area contributed by atoms with Crippen molar-refractivity contribution < 1.29 is 19.1 Å². The molecule has 0 N–H and O–H groups in total. The van der Waals surface area contributed by atoms with Crippen molar-refractivity contribution in [3.63, 3.8) is 0 Å². The summed E-state index contributed by atoms with van der Waals surface area (Å²) in [6.45, 7) is 8.06. The number of rotatable bonds is 39. The second-order valence-corrected chi connectivity index (χ2v) is 15.6. The van der Waals surface area contributed by atoms with Crippen LogP contribution in [0.15, 0.2) is 24.3 Å². The Kier molecular flexibility index (Phi) is 38.3. The minimum absolute atomic E-state index is 0.105. The van der Waals surface area contributed by atoms with Crippen LogP contribution in [-0.2, 0) is 19.1 Å². The Labute approximate surface area is 318 Å². The van der Waals surface area contributed by atoms with Crippen LogP contribution in [0.3, 0.4) is 0 Å². The standard InChI is InChI=1S/C46H87NO4/c1-6-9-12-13-14-15-16-17-18-19-20-21-22-23-26-31-37-44(51-46(49)39-33-41-47(4)5)40-42-50-45(48)38-32-27-24-25-30-36-43(34-28-10-7-2)35-29-11-8-3/h14-15,17-18,43-44H,6-13,16,19-42H2,1-5H3. The van der Waals surface area contributed by atoms with Crippen molar-refractivity contribution in [2.75, 3.05) is 27.2 Å². The average Bonchev–Trinajstić information content (AvgIpc) is 3.10. The third-order valence-electron chi connectivity index (χ3n) is 10.1. The van der Waals surface area contributed by atoms with Gasteiger partial charge in [-0.3, -0.25) is 9.59 Å². The number of hydrogen-bond donors (Lipinski definition) is 0. The number of carbonyl (C=O) groups is 2. The highest BCUT2D eigenvalue weighted by atomic mass is 16.6. The zero-order valence-electron chi connectivity index (χ0n) is 34.9. The molecule has 0 spiro atoms. The average molecular weight is 718 g/mol. The smallest absolute Gasteiger partial charge is 0.306 e. The maximum atomic E-state index is 12.6. The molecule has 0 amide bonds. The van der Waals surface area contributed by atoms with Crippen molar-refractivity contribution in [2.24, 2.45) is 5.92 Å². The minimum atomic E-state index is -0.164. The van der Waals surface area contributed by atoms with Crippen LogP contribution in [0, 0.1) is 5.92 Å². The number of ether oxygens (including phenoxy) is 2. The summed E-state index contributed by atoms with van der Waals surface area (Å²) < 4.78 is 11.5. The summed E-state index contributed by atoms with van der Waals surface area (Å²) in [6, 6.07) is 0. The van der Waals surface area contributed by atoms with Crippen LogP contribution in [0.5, 0.6) is 0 Å². The first-order valence-corrected chi connectivity index (χ1v) is 22.2. The quantitative estimate of drug-likeness (QED) is 0.0360. The summed E-state index contributed by atoms with van der Waals surface area (Å²) >= 11 is 0. The second-order valence-electron chi connectivity index (χ2n) is 15.6. The summed E-state index contributed by atoms with van der Waals surface area (Å²) in [5.41, 5.74) is 0. The second kappa shape index (κ2) is 39.6.